The molecule has 0 fully saturated rings. The summed E-state index contributed by atoms with van der Waals surface area (Å²) >= 11 is 0. The van der Waals surface area contributed by atoms with Crippen LogP contribution in [0.15, 0.2) is 84.0 Å². The van der Waals surface area contributed by atoms with Gasteiger partial charge in [-0.3, -0.25) is 4.79 Å². The van der Waals surface area contributed by atoms with E-state index in [0.29, 0.717) is 0 Å². The van der Waals surface area contributed by atoms with E-state index in [-0.39, 0.29) is 17.3 Å². The molecule has 3 rings (SSSR count). The van der Waals surface area contributed by atoms with E-state index in [4.69, 9.17) is 5.14 Å². The van der Waals surface area contributed by atoms with Gasteiger partial charge in [0, 0.05) is 18.9 Å². The monoisotopic (exact) mass is 369 g/mol. The van der Waals surface area contributed by atoms with Crippen LogP contribution in [0.2, 0.25) is 0 Å². The van der Waals surface area contributed by atoms with Gasteiger partial charge in [-0.1, -0.05) is 42.5 Å². The third kappa shape index (κ3) is 4.19. The maximum absolute atomic E-state index is 12.8. The first kappa shape index (κ1) is 17.9. The van der Waals surface area contributed by atoms with Crippen LogP contribution in [0.25, 0.3) is 0 Å². The largest absolute Gasteiger partial charge is 0.350 e. The first-order valence-electron chi connectivity index (χ1n) is 8.02. The maximum atomic E-state index is 12.8. The highest BCUT2D eigenvalue weighted by atomic mass is 32.2. The molecule has 6 nitrogen and oxygen atoms in total. The van der Waals surface area contributed by atoms with Gasteiger partial charge in [0.2, 0.25) is 15.9 Å². The van der Waals surface area contributed by atoms with Gasteiger partial charge in [-0.2, -0.15) is 0 Å². The van der Waals surface area contributed by atoms with Crippen molar-refractivity contribution in [2.45, 2.75) is 17.5 Å². The second kappa shape index (κ2) is 7.55. The van der Waals surface area contributed by atoms with Gasteiger partial charge in [0.05, 0.1) is 4.90 Å². The second-order valence-corrected chi connectivity index (χ2v) is 7.41. The third-order valence-electron chi connectivity index (χ3n) is 4.01. The van der Waals surface area contributed by atoms with Gasteiger partial charge >= 0.3 is 0 Å². The average Bonchev–Trinajstić information content (AvgIpc) is 3.15. The first-order chi connectivity index (χ1) is 12.4. The summed E-state index contributed by atoms with van der Waals surface area (Å²) in [7, 11) is -3.72. The summed E-state index contributed by atoms with van der Waals surface area (Å²) in [5.41, 5.74) is 1.66. The molecule has 3 aromatic rings. The molecule has 3 N–H and O–H groups in total. The highest BCUT2D eigenvalue weighted by molar-refractivity contribution is 7.89. The van der Waals surface area contributed by atoms with Gasteiger partial charge in [-0.05, 0) is 35.4 Å². The van der Waals surface area contributed by atoms with Gasteiger partial charge in [0.1, 0.15) is 6.04 Å². The Hall–Kier alpha value is -2.90. The average molecular weight is 369 g/mol. The minimum absolute atomic E-state index is 0.0436. The van der Waals surface area contributed by atoms with Crippen molar-refractivity contribution in [3.63, 3.8) is 0 Å². The Morgan fingerprint density at radius 3 is 2.15 bits per heavy atom. The van der Waals surface area contributed by atoms with E-state index in [2.05, 4.69) is 5.32 Å². The van der Waals surface area contributed by atoms with Gasteiger partial charge in [-0.25, -0.2) is 13.6 Å². The molecular formula is C19H19N3O3S. The van der Waals surface area contributed by atoms with Crippen molar-refractivity contribution in [1.82, 2.24) is 9.88 Å². The van der Waals surface area contributed by atoms with Gasteiger partial charge < -0.3 is 9.88 Å². The lowest BCUT2D eigenvalue weighted by atomic mass is 10.1. The number of nitrogens with one attached hydrogen (secondary N) is 1. The number of amides is 1. The van der Waals surface area contributed by atoms with E-state index in [9.17, 15) is 13.2 Å². The summed E-state index contributed by atoms with van der Waals surface area (Å²) < 4.78 is 24.4. The van der Waals surface area contributed by atoms with E-state index >= 15 is 0 Å². The molecule has 1 atom stereocenters. The molecule has 2 aromatic carbocycles. The summed E-state index contributed by atoms with van der Waals surface area (Å²) in [6, 6.07) is 18.9. The third-order valence-corrected chi connectivity index (χ3v) is 4.94. The van der Waals surface area contributed by atoms with Crippen LogP contribution in [0.4, 0.5) is 0 Å². The predicted octanol–water partition coefficient (Wildman–Crippen LogP) is 2.04. The number of nitrogens with two attached hydrogens (primary N) is 1. The molecule has 0 radical (unpaired) electrons. The predicted molar refractivity (Wildman–Crippen MR) is 98.7 cm³/mol. The highest BCUT2D eigenvalue weighted by Gasteiger charge is 2.21. The molecule has 0 bridgehead atoms. The smallest absolute Gasteiger partial charge is 0.247 e. The summed E-state index contributed by atoms with van der Waals surface area (Å²) in [5.74, 6) is -0.150. The number of benzene rings is 2. The second-order valence-electron chi connectivity index (χ2n) is 5.85. The number of sulfonamides is 1. The van der Waals surface area contributed by atoms with Crippen molar-refractivity contribution in [2.75, 3.05) is 0 Å². The van der Waals surface area contributed by atoms with E-state index < -0.39 is 16.1 Å². The number of hydrogen-bond acceptors (Lipinski definition) is 3. The zero-order chi connectivity index (χ0) is 18.6. The Morgan fingerprint density at radius 2 is 1.58 bits per heavy atom. The van der Waals surface area contributed by atoms with Crippen molar-refractivity contribution >= 4 is 15.9 Å². The summed E-state index contributed by atoms with van der Waals surface area (Å²) in [6.45, 7) is 0.286. The van der Waals surface area contributed by atoms with E-state index in [1.54, 1.807) is 12.1 Å². The molecule has 0 aliphatic heterocycles. The van der Waals surface area contributed by atoms with Crippen LogP contribution < -0.4 is 10.5 Å². The molecule has 1 aromatic heterocycles. The topological polar surface area (TPSA) is 94.2 Å². The van der Waals surface area contributed by atoms with Crippen LogP contribution in [-0.2, 0) is 21.4 Å². The number of hydrogen-bond donors (Lipinski definition) is 2. The number of primary sulfonamides is 1. The maximum Gasteiger partial charge on any atom is 0.247 e. The quantitative estimate of drug-likeness (QED) is 0.696. The SMILES string of the molecule is NS(=O)(=O)c1ccc(CNC(=O)C(c2ccccc2)n2cccc2)cc1. The van der Waals surface area contributed by atoms with E-state index in [0.717, 1.165) is 11.1 Å². The number of carbonyl (C=O) groups excluding carboxylic acids is 1. The summed E-state index contributed by atoms with van der Waals surface area (Å²) in [6.07, 6.45) is 3.69. The van der Waals surface area contributed by atoms with Crippen LogP contribution in [0.3, 0.4) is 0 Å². The summed E-state index contributed by atoms with van der Waals surface area (Å²) in [4.78, 5) is 12.8. The summed E-state index contributed by atoms with van der Waals surface area (Å²) in [5, 5.41) is 7.99. The molecule has 1 heterocycles. The van der Waals surface area contributed by atoms with Crippen molar-refractivity contribution in [3.8, 4) is 0 Å². The molecule has 1 amide bonds. The minimum atomic E-state index is -3.72. The van der Waals surface area contributed by atoms with Crippen LogP contribution in [-0.4, -0.2) is 18.9 Å². The van der Waals surface area contributed by atoms with E-state index in [1.165, 1.54) is 12.1 Å². The molecular weight excluding hydrogens is 350 g/mol. The highest BCUT2D eigenvalue weighted by Crippen LogP contribution is 2.19. The molecule has 0 spiro atoms. The van der Waals surface area contributed by atoms with Crippen molar-refractivity contribution in [3.05, 3.63) is 90.3 Å². The fraction of sp³-hybridized carbons (Fsp3) is 0.105. The Balaban J connectivity index is 1.75. The lowest BCUT2D eigenvalue weighted by Gasteiger charge is -2.19. The normalized spacial score (nSPS) is 12.5. The Morgan fingerprint density at radius 1 is 0.962 bits per heavy atom. The lowest BCUT2D eigenvalue weighted by Crippen LogP contribution is -2.32. The van der Waals surface area contributed by atoms with Crippen molar-refractivity contribution < 1.29 is 13.2 Å². The molecule has 0 saturated carbocycles. The molecule has 0 saturated heterocycles. The Kier molecular flexibility index (Phi) is 5.20. The minimum Gasteiger partial charge on any atom is -0.350 e. The lowest BCUT2D eigenvalue weighted by molar-refractivity contribution is -0.123. The molecule has 0 aliphatic rings. The van der Waals surface area contributed by atoms with Crippen LogP contribution in [0.5, 0.6) is 0 Å². The van der Waals surface area contributed by atoms with Gasteiger partial charge in [0.15, 0.2) is 0 Å². The number of aromatic nitrogens is 1. The number of carbonyl (C=O) groups is 1. The zero-order valence-electron chi connectivity index (χ0n) is 13.9. The molecule has 26 heavy (non-hydrogen) atoms. The standard InChI is InChI=1S/C19H19N3O3S/c20-26(24,25)17-10-8-15(9-11-17)14-21-19(23)18(22-12-4-5-13-22)16-6-2-1-3-7-16/h1-13,18H,14H2,(H,21,23)(H2,20,24,25). The van der Waals surface area contributed by atoms with E-state index in [1.807, 2.05) is 59.4 Å². The van der Waals surface area contributed by atoms with Gasteiger partial charge in [-0.15, -0.1) is 0 Å². The number of rotatable bonds is 6. The molecule has 7 heteroatoms. The number of nitrogens with zero attached hydrogens (tertiary/aromatic N) is 1. The van der Waals surface area contributed by atoms with Gasteiger partial charge in [0.25, 0.3) is 0 Å². The first-order valence-corrected chi connectivity index (χ1v) is 9.56. The Labute approximate surface area is 152 Å². The fourth-order valence-corrected chi connectivity index (χ4v) is 3.21. The van der Waals surface area contributed by atoms with Crippen molar-refractivity contribution in [2.24, 2.45) is 5.14 Å². The molecule has 0 aliphatic carbocycles. The van der Waals surface area contributed by atoms with Crippen LogP contribution in [0.1, 0.15) is 17.2 Å². The fourth-order valence-electron chi connectivity index (χ4n) is 2.70. The molecule has 134 valence electrons. The van der Waals surface area contributed by atoms with Crippen LogP contribution in [0, 0.1) is 0 Å². The van der Waals surface area contributed by atoms with Crippen molar-refractivity contribution in [1.29, 1.82) is 0 Å². The molecule has 1 unspecified atom stereocenters. The zero-order valence-corrected chi connectivity index (χ0v) is 14.8. The van der Waals surface area contributed by atoms with Crippen LogP contribution >= 0.6 is 0 Å². The Bertz CT molecular complexity index is 967.